The monoisotopic (exact) mass is 447 g/mol. The van der Waals surface area contributed by atoms with E-state index in [2.05, 4.69) is 36.4 Å². The Bertz CT molecular complexity index is 887. The number of hydrogen-bond donors (Lipinski definition) is 1. The predicted octanol–water partition coefficient (Wildman–Crippen LogP) is 3.77. The van der Waals surface area contributed by atoms with Crippen LogP contribution >= 0.6 is 27.7 Å². The summed E-state index contributed by atoms with van der Waals surface area (Å²) in [6, 6.07) is 13.1. The van der Waals surface area contributed by atoms with E-state index in [0.717, 1.165) is 16.0 Å². The Hall–Kier alpha value is -2.39. The van der Waals surface area contributed by atoms with Gasteiger partial charge in [-0.1, -0.05) is 30.0 Å². The van der Waals surface area contributed by atoms with Gasteiger partial charge in [0.15, 0.2) is 11.0 Å². The Labute approximate surface area is 169 Å². The summed E-state index contributed by atoms with van der Waals surface area (Å²) in [7, 11) is 0. The number of thioether (sulfide) groups is 1. The van der Waals surface area contributed by atoms with Gasteiger partial charge in [0.25, 0.3) is 0 Å². The maximum atomic E-state index is 12.1. The molecule has 0 aliphatic carbocycles. The molecule has 1 aromatic carbocycles. The third-order valence-corrected chi connectivity index (χ3v) is 4.98. The van der Waals surface area contributed by atoms with Crippen LogP contribution in [-0.4, -0.2) is 31.4 Å². The fourth-order valence-corrected chi connectivity index (χ4v) is 3.33. The first kappa shape index (κ1) is 19.4. The number of nitrogens with zero attached hydrogens (tertiary/aromatic N) is 4. The number of anilines is 1. The Morgan fingerprint density at radius 3 is 2.74 bits per heavy atom. The zero-order valence-electron chi connectivity index (χ0n) is 14.6. The zero-order valence-corrected chi connectivity index (χ0v) is 17.0. The van der Waals surface area contributed by atoms with Crippen LogP contribution in [0.5, 0.6) is 5.75 Å². The van der Waals surface area contributed by atoms with Crippen molar-refractivity contribution in [2.24, 2.45) is 0 Å². The number of hydrogen-bond acceptors (Lipinski definition) is 6. The summed E-state index contributed by atoms with van der Waals surface area (Å²) in [5, 5.41) is 11.8. The minimum atomic E-state index is -0.150. The van der Waals surface area contributed by atoms with Crippen molar-refractivity contribution in [3.63, 3.8) is 0 Å². The summed E-state index contributed by atoms with van der Waals surface area (Å²) >= 11 is 4.64. The van der Waals surface area contributed by atoms with Crippen molar-refractivity contribution in [1.29, 1.82) is 0 Å². The lowest BCUT2D eigenvalue weighted by molar-refractivity contribution is -0.113. The van der Waals surface area contributed by atoms with E-state index < -0.39 is 0 Å². The average Bonchev–Trinajstić information content (AvgIpc) is 3.09. The van der Waals surface area contributed by atoms with Crippen molar-refractivity contribution in [1.82, 2.24) is 19.7 Å². The third kappa shape index (κ3) is 5.54. The maximum Gasteiger partial charge on any atom is 0.236 e. The number of para-hydroxylation sites is 1. The summed E-state index contributed by atoms with van der Waals surface area (Å²) in [5.41, 5.74) is 0. The second-order valence-corrected chi connectivity index (χ2v) is 7.30. The first-order chi connectivity index (χ1) is 13.2. The Morgan fingerprint density at radius 2 is 2.04 bits per heavy atom. The van der Waals surface area contributed by atoms with Gasteiger partial charge in [-0.15, -0.1) is 10.2 Å². The second kappa shape index (κ2) is 9.52. The molecule has 0 aliphatic rings. The van der Waals surface area contributed by atoms with Crippen molar-refractivity contribution >= 4 is 39.4 Å². The van der Waals surface area contributed by atoms with Crippen molar-refractivity contribution in [3.8, 4) is 5.75 Å². The topological polar surface area (TPSA) is 81.9 Å². The molecule has 0 aliphatic heterocycles. The van der Waals surface area contributed by atoms with Crippen molar-refractivity contribution in [2.45, 2.75) is 25.2 Å². The number of halogens is 1. The molecule has 0 fully saturated rings. The van der Waals surface area contributed by atoms with Crippen LogP contribution in [0.4, 0.5) is 5.82 Å². The number of rotatable bonds is 8. The van der Waals surface area contributed by atoms with Gasteiger partial charge in [-0.2, -0.15) is 0 Å². The molecule has 2 heterocycles. The molecule has 2 aromatic heterocycles. The second-order valence-electron chi connectivity index (χ2n) is 5.44. The van der Waals surface area contributed by atoms with Gasteiger partial charge in [-0.05, 0) is 47.1 Å². The molecule has 140 valence electrons. The Balaban J connectivity index is 1.56. The van der Waals surface area contributed by atoms with E-state index in [4.69, 9.17) is 4.74 Å². The normalized spacial score (nSPS) is 10.6. The van der Waals surface area contributed by atoms with E-state index in [1.54, 1.807) is 12.3 Å². The van der Waals surface area contributed by atoms with E-state index in [0.29, 0.717) is 24.1 Å². The lowest BCUT2D eigenvalue weighted by Crippen LogP contribution is -2.15. The molecular weight excluding hydrogens is 430 g/mol. The molecule has 0 radical (unpaired) electrons. The zero-order chi connectivity index (χ0) is 19.1. The lowest BCUT2D eigenvalue weighted by atomic mass is 10.3. The van der Waals surface area contributed by atoms with Gasteiger partial charge >= 0.3 is 0 Å². The molecule has 0 saturated carbocycles. The highest BCUT2D eigenvalue weighted by Gasteiger charge is 2.14. The van der Waals surface area contributed by atoms with Gasteiger partial charge in [0.2, 0.25) is 5.91 Å². The van der Waals surface area contributed by atoms with Gasteiger partial charge in [0.1, 0.15) is 18.2 Å². The fraction of sp³-hybridized carbons (Fsp3) is 0.222. The van der Waals surface area contributed by atoms with Crippen LogP contribution in [0.2, 0.25) is 0 Å². The number of nitrogens with one attached hydrogen (secondary N) is 1. The van der Waals surface area contributed by atoms with E-state index in [1.807, 2.05) is 47.9 Å². The first-order valence-corrected chi connectivity index (χ1v) is 10.1. The Kier molecular flexibility index (Phi) is 6.83. The number of carbonyl (C=O) groups is 1. The number of pyridine rings is 1. The molecular formula is C18H18BrN5O2S. The highest BCUT2D eigenvalue weighted by atomic mass is 79.9. The first-order valence-electron chi connectivity index (χ1n) is 8.30. The van der Waals surface area contributed by atoms with Crippen LogP contribution < -0.4 is 10.1 Å². The molecule has 0 unspecified atom stereocenters. The summed E-state index contributed by atoms with van der Waals surface area (Å²) < 4.78 is 8.54. The molecule has 0 saturated heterocycles. The number of aromatic nitrogens is 4. The Morgan fingerprint density at radius 1 is 1.22 bits per heavy atom. The average molecular weight is 448 g/mol. The highest BCUT2D eigenvalue weighted by Crippen LogP contribution is 2.19. The predicted molar refractivity (Wildman–Crippen MR) is 108 cm³/mol. The van der Waals surface area contributed by atoms with Crippen LogP contribution in [0.1, 0.15) is 12.7 Å². The van der Waals surface area contributed by atoms with Crippen LogP contribution in [0.15, 0.2) is 58.3 Å². The van der Waals surface area contributed by atoms with Crippen LogP contribution in [0.3, 0.4) is 0 Å². The summed E-state index contributed by atoms with van der Waals surface area (Å²) in [5.74, 6) is 2.08. The van der Waals surface area contributed by atoms with Crippen molar-refractivity contribution < 1.29 is 9.53 Å². The van der Waals surface area contributed by atoms with Gasteiger partial charge < -0.3 is 14.6 Å². The van der Waals surface area contributed by atoms with Crippen molar-refractivity contribution in [3.05, 3.63) is 59.0 Å². The van der Waals surface area contributed by atoms with Gasteiger partial charge in [0, 0.05) is 17.2 Å². The van der Waals surface area contributed by atoms with E-state index in [-0.39, 0.29) is 11.7 Å². The molecule has 27 heavy (non-hydrogen) atoms. The molecule has 0 atom stereocenters. The minimum absolute atomic E-state index is 0.150. The fourth-order valence-electron chi connectivity index (χ4n) is 2.27. The quantitative estimate of drug-likeness (QED) is 0.529. The van der Waals surface area contributed by atoms with Gasteiger partial charge in [0.05, 0.1) is 5.75 Å². The standard InChI is InChI=1S/C18H18BrN5O2S/c1-2-24-16(11-26-14-6-4-3-5-7-14)22-23-18(24)27-12-17(25)21-15-9-8-13(19)10-20-15/h3-10H,2,11-12H2,1H3,(H,20,21,25). The smallest absolute Gasteiger partial charge is 0.236 e. The largest absolute Gasteiger partial charge is 0.486 e. The molecule has 3 aromatic rings. The SMILES string of the molecule is CCn1c(COc2ccccc2)nnc1SCC(=O)Nc1ccc(Br)cn1. The molecule has 9 heteroatoms. The third-order valence-electron chi connectivity index (χ3n) is 3.55. The number of amides is 1. The highest BCUT2D eigenvalue weighted by molar-refractivity contribution is 9.10. The van der Waals surface area contributed by atoms with Gasteiger partial charge in [-0.3, -0.25) is 4.79 Å². The molecule has 0 bridgehead atoms. The lowest BCUT2D eigenvalue weighted by Gasteiger charge is -2.09. The summed E-state index contributed by atoms with van der Waals surface area (Å²) in [4.78, 5) is 16.2. The van der Waals surface area contributed by atoms with Crippen molar-refractivity contribution in [2.75, 3.05) is 11.1 Å². The molecule has 3 rings (SSSR count). The molecule has 1 amide bonds. The molecule has 1 N–H and O–H groups in total. The van der Waals surface area contributed by atoms with E-state index >= 15 is 0 Å². The van der Waals surface area contributed by atoms with E-state index in [1.165, 1.54) is 11.8 Å². The van der Waals surface area contributed by atoms with Crippen LogP contribution in [0, 0.1) is 0 Å². The summed E-state index contributed by atoms with van der Waals surface area (Å²) in [6.45, 7) is 3.02. The molecule has 7 nitrogen and oxygen atoms in total. The maximum absolute atomic E-state index is 12.1. The number of benzene rings is 1. The molecule has 0 spiro atoms. The van der Waals surface area contributed by atoms with Crippen LogP contribution in [-0.2, 0) is 17.9 Å². The minimum Gasteiger partial charge on any atom is -0.486 e. The summed E-state index contributed by atoms with van der Waals surface area (Å²) in [6.07, 6.45) is 1.63. The number of ether oxygens (including phenoxy) is 1. The van der Waals surface area contributed by atoms with Crippen LogP contribution in [0.25, 0.3) is 0 Å². The number of carbonyl (C=O) groups excluding carboxylic acids is 1. The van der Waals surface area contributed by atoms with Gasteiger partial charge in [-0.25, -0.2) is 4.98 Å². The van der Waals surface area contributed by atoms with E-state index in [9.17, 15) is 4.79 Å².